The predicted molar refractivity (Wildman–Crippen MR) is 91.7 cm³/mol. The van der Waals surface area contributed by atoms with Crippen molar-refractivity contribution in [3.8, 4) is 5.75 Å². The number of ether oxygens (including phenoxy) is 1. The van der Waals surface area contributed by atoms with Gasteiger partial charge in [0, 0.05) is 11.3 Å². The number of carbonyl (C=O) groups is 2. The van der Waals surface area contributed by atoms with E-state index < -0.39 is 5.97 Å². The van der Waals surface area contributed by atoms with Crippen LogP contribution in [0.15, 0.2) is 29.6 Å². The molecule has 0 spiro atoms. The third kappa shape index (κ3) is 4.79. The maximum atomic E-state index is 12.3. The van der Waals surface area contributed by atoms with Gasteiger partial charge in [-0.1, -0.05) is 26.0 Å². The van der Waals surface area contributed by atoms with Crippen molar-refractivity contribution in [2.24, 2.45) is 0 Å². The molecule has 2 aromatic rings. The monoisotopic (exact) mass is 348 g/mol. The minimum absolute atomic E-state index is 0.199. The number of aliphatic carboxylic acids is 1. The van der Waals surface area contributed by atoms with Crippen molar-refractivity contribution >= 4 is 23.2 Å². The number of carboxylic acids is 1. The van der Waals surface area contributed by atoms with Crippen LogP contribution in [0.3, 0.4) is 0 Å². The molecule has 1 unspecified atom stereocenters. The number of nitrogens with one attached hydrogen (secondary N) is 1. The molecule has 7 heteroatoms. The SMILES string of the molecule is CC(C)c1nc(C(=O)NC(C)c2ccc(OCC(=O)O)cc2)cs1. The Hall–Kier alpha value is -2.41. The number of nitrogens with zero attached hydrogens (tertiary/aromatic N) is 1. The quantitative estimate of drug-likeness (QED) is 0.802. The Morgan fingerprint density at radius 1 is 1.25 bits per heavy atom. The number of amides is 1. The van der Waals surface area contributed by atoms with Crippen molar-refractivity contribution in [2.45, 2.75) is 32.7 Å². The Labute approximate surface area is 144 Å². The van der Waals surface area contributed by atoms with Gasteiger partial charge >= 0.3 is 5.97 Å². The largest absolute Gasteiger partial charge is 0.482 e. The molecule has 0 fully saturated rings. The van der Waals surface area contributed by atoms with Gasteiger partial charge < -0.3 is 15.2 Å². The second-order valence-electron chi connectivity index (χ2n) is 5.67. The summed E-state index contributed by atoms with van der Waals surface area (Å²) >= 11 is 1.48. The number of rotatable bonds is 7. The van der Waals surface area contributed by atoms with Crippen molar-refractivity contribution < 1.29 is 19.4 Å². The van der Waals surface area contributed by atoms with E-state index >= 15 is 0 Å². The van der Waals surface area contributed by atoms with E-state index in [1.807, 2.05) is 20.8 Å². The molecule has 2 N–H and O–H groups in total. The molecule has 1 aromatic heterocycles. The fraction of sp³-hybridized carbons (Fsp3) is 0.353. The summed E-state index contributed by atoms with van der Waals surface area (Å²) in [5.41, 5.74) is 1.32. The molecule has 0 saturated carbocycles. The second kappa shape index (κ2) is 7.92. The topological polar surface area (TPSA) is 88.5 Å². The van der Waals surface area contributed by atoms with Gasteiger partial charge in [-0.15, -0.1) is 11.3 Å². The number of aromatic nitrogens is 1. The lowest BCUT2D eigenvalue weighted by Crippen LogP contribution is -2.27. The summed E-state index contributed by atoms with van der Waals surface area (Å²) in [5, 5.41) is 14.2. The lowest BCUT2D eigenvalue weighted by atomic mass is 10.1. The molecule has 6 nitrogen and oxygen atoms in total. The van der Waals surface area contributed by atoms with E-state index in [2.05, 4.69) is 10.3 Å². The van der Waals surface area contributed by atoms with Crippen LogP contribution in [0.25, 0.3) is 0 Å². The van der Waals surface area contributed by atoms with Gasteiger partial charge in [0.25, 0.3) is 5.91 Å². The summed E-state index contributed by atoms with van der Waals surface area (Å²) in [6, 6.07) is 6.75. The first-order valence-electron chi connectivity index (χ1n) is 7.57. The van der Waals surface area contributed by atoms with Gasteiger partial charge in [-0.3, -0.25) is 4.79 Å². The molecule has 1 heterocycles. The molecule has 0 aliphatic carbocycles. The van der Waals surface area contributed by atoms with Gasteiger partial charge in [-0.05, 0) is 24.6 Å². The predicted octanol–water partition coefficient (Wildman–Crippen LogP) is 3.22. The van der Waals surface area contributed by atoms with Gasteiger partial charge in [0.05, 0.1) is 11.0 Å². The van der Waals surface area contributed by atoms with E-state index in [0.717, 1.165) is 10.6 Å². The van der Waals surface area contributed by atoms with E-state index in [1.54, 1.807) is 29.6 Å². The summed E-state index contributed by atoms with van der Waals surface area (Å²) < 4.78 is 5.08. The molecule has 0 saturated heterocycles. The zero-order valence-electron chi connectivity index (χ0n) is 13.8. The Morgan fingerprint density at radius 2 is 1.92 bits per heavy atom. The van der Waals surface area contributed by atoms with Crippen molar-refractivity contribution in [3.05, 3.63) is 45.9 Å². The lowest BCUT2D eigenvalue weighted by Gasteiger charge is -2.14. The zero-order valence-corrected chi connectivity index (χ0v) is 14.6. The molecule has 128 valence electrons. The zero-order chi connectivity index (χ0) is 17.7. The number of hydrogen-bond acceptors (Lipinski definition) is 5. The molecule has 24 heavy (non-hydrogen) atoms. The molecule has 0 aliphatic heterocycles. The van der Waals surface area contributed by atoms with E-state index in [-0.39, 0.29) is 18.6 Å². The minimum Gasteiger partial charge on any atom is -0.482 e. The van der Waals surface area contributed by atoms with Crippen molar-refractivity contribution in [1.82, 2.24) is 10.3 Å². The van der Waals surface area contributed by atoms with Crippen LogP contribution in [0.4, 0.5) is 0 Å². The highest BCUT2D eigenvalue weighted by molar-refractivity contribution is 7.09. The number of hydrogen-bond donors (Lipinski definition) is 2. The Kier molecular flexibility index (Phi) is 5.92. The normalized spacial score (nSPS) is 12.0. The molecular weight excluding hydrogens is 328 g/mol. The van der Waals surface area contributed by atoms with Crippen LogP contribution in [0.1, 0.15) is 53.8 Å². The van der Waals surface area contributed by atoms with Crippen LogP contribution < -0.4 is 10.1 Å². The smallest absolute Gasteiger partial charge is 0.341 e. The molecule has 0 radical (unpaired) electrons. The van der Waals surface area contributed by atoms with E-state index in [1.165, 1.54) is 11.3 Å². The summed E-state index contributed by atoms with van der Waals surface area (Å²) in [6.45, 7) is 5.57. The number of thiazole rings is 1. The first-order chi connectivity index (χ1) is 11.4. The van der Waals surface area contributed by atoms with Gasteiger partial charge in [0.15, 0.2) is 6.61 Å². The van der Waals surface area contributed by atoms with Crippen LogP contribution >= 0.6 is 11.3 Å². The molecule has 0 aliphatic rings. The van der Waals surface area contributed by atoms with Crippen molar-refractivity contribution in [1.29, 1.82) is 0 Å². The van der Waals surface area contributed by atoms with E-state index in [0.29, 0.717) is 17.4 Å². The summed E-state index contributed by atoms with van der Waals surface area (Å²) in [4.78, 5) is 27.1. The van der Waals surface area contributed by atoms with Gasteiger partial charge in [-0.2, -0.15) is 0 Å². The summed E-state index contributed by atoms with van der Waals surface area (Å²) in [6.07, 6.45) is 0. The van der Waals surface area contributed by atoms with Crippen LogP contribution in [-0.2, 0) is 4.79 Å². The van der Waals surface area contributed by atoms with E-state index in [9.17, 15) is 9.59 Å². The first kappa shape index (κ1) is 17.9. The third-order valence-electron chi connectivity index (χ3n) is 3.34. The maximum Gasteiger partial charge on any atom is 0.341 e. The van der Waals surface area contributed by atoms with Gasteiger partial charge in [-0.25, -0.2) is 9.78 Å². The average Bonchev–Trinajstić information content (AvgIpc) is 3.03. The number of carboxylic acid groups (broad SMARTS) is 1. The first-order valence-corrected chi connectivity index (χ1v) is 8.45. The lowest BCUT2D eigenvalue weighted by molar-refractivity contribution is -0.139. The molecule has 1 amide bonds. The van der Waals surface area contributed by atoms with Crippen LogP contribution in [0.5, 0.6) is 5.75 Å². The molecule has 1 atom stereocenters. The number of benzene rings is 1. The fourth-order valence-corrected chi connectivity index (χ4v) is 2.82. The average molecular weight is 348 g/mol. The summed E-state index contributed by atoms with van der Waals surface area (Å²) in [5.74, 6) is -0.464. The molecular formula is C17H20N2O4S. The molecule has 1 aromatic carbocycles. The Bertz CT molecular complexity index is 710. The highest BCUT2D eigenvalue weighted by Gasteiger charge is 2.15. The summed E-state index contributed by atoms with van der Waals surface area (Å²) in [7, 11) is 0. The fourth-order valence-electron chi connectivity index (χ4n) is 2.01. The number of carbonyl (C=O) groups excluding carboxylic acids is 1. The Morgan fingerprint density at radius 3 is 2.46 bits per heavy atom. The maximum absolute atomic E-state index is 12.3. The van der Waals surface area contributed by atoms with Crippen LogP contribution in [0, 0.1) is 0 Å². The van der Waals surface area contributed by atoms with Gasteiger partial charge in [0.2, 0.25) is 0 Å². The van der Waals surface area contributed by atoms with Crippen molar-refractivity contribution in [3.63, 3.8) is 0 Å². The highest BCUT2D eigenvalue weighted by Crippen LogP contribution is 2.21. The standard InChI is InChI=1S/C17H20N2O4S/c1-10(2)17-19-14(9-24-17)16(22)18-11(3)12-4-6-13(7-5-12)23-8-15(20)21/h4-7,9-11H,8H2,1-3H3,(H,18,22)(H,20,21). The highest BCUT2D eigenvalue weighted by atomic mass is 32.1. The third-order valence-corrected chi connectivity index (χ3v) is 4.48. The van der Waals surface area contributed by atoms with Crippen molar-refractivity contribution in [2.75, 3.05) is 6.61 Å². The van der Waals surface area contributed by atoms with E-state index in [4.69, 9.17) is 9.84 Å². The van der Waals surface area contributed by atoms with Crippen LogP contribution in [0.2, 0.25) is 0 Å². The molecule has 0 bridgehead atoms. The minimum atomic E-state index is -1.02. The van der Waals surface area contributed by atoms with Gasteiger partial charge in [0.1, 0.15) is 11.4 Å². The van der Waals surface area contributed by atoms with Crippen LogP contribution in [-0.4, -0.2) is 28.6 Å². The Balaban J connectivity index is 1.96. The molecule has 2 rings (SSSR count). The second-order valence-corrected chi connectivity index (χ2v) is 6.56.